The third kappa shape index (κ3) is 7.55. The molecule has 0 N–H and O–H groups in total. The molecule has 0 radical (unpaired) electrons. The van der Waals surface area contributed by atoms with Gasteiger partial charge in [0.15, 0.2) is 12.4 Å². The molecule has 0 atom stereocenters. The zero-order valence-electron chi connectivity index (χ0n) is 25.7. The second kappa shape index (κ2) is 13.0. The molecule has 0 aliphatic heterocycles. The van der Waals surface area contributed by atoms with E-state index in [0.717, 1.165) is 22.5 Å². The lowest BCUT2D eigenvalue weighted by molar-refractivity contribution is 0.0921. The maximum Gasteiger partial charge on any atom is 0.200 e. The maximum atomic E-state index is 12.1. The van der Waals surface area contributed by atoms with Gasteiger partial charge in [0.05, 0.1) is 6.26 Å². The normalized spacial score (nSPS) is 11.1. The lowest BCUT2D eigenvalue weighted by Gasteiger charge is -2.09. The van der Waals surface area contributed by atoms with Crippen LogP contribution in [0.2, 0.25) is 0 Å². The van der Waals surface area contributed by atoms with Crippen molar-refractivity contribution < 1.29 is 13.9 Å². The Morgan fingerprint density at radius 1 is 0.707 bits per heavy atom. The van der Waals surface area contributed by atoms with Crippen LogP contribution in [0.25, 0.3) is 22.1 Å². The first-order valence-corrected chi connectivity index (χ1v) is 14.4. The number of aryl methyl sites for hydroxylation is 4. The smallest absolute Gasteiger partial charge is 0.200 e. The molecule has 5 rings (SSSR count). The van der Waals surface area contributed by atoms with Crippen LogP contribution in [0.5, 0.6) is 5.75 Å². The molecule has 212 valence electrons. The largest absolute Gasteiger partial charge is 0.485 e. The minimum atomic E-state index is 0.00413. The zero-order valence-corrected chi connectivity index (χ0v) is 25.7. The first-order chi connectivity index (χ1) is 19.5. The molecule has 0 bridgehead atoms. The molecule has 0 spiro atoms. The molecule has 41 heavy (non-hydrogen) atoms. The highest BCUT2D eigenvalue weighted by atomic mass is 16.5. The number of carbonyl (C=O) groups excluding carboxylic acids is 1. The van der Waals surface area contributed by atoms with E-state index in [1.807, 2.05) is 56.5 Å². The summed E-state index contributed by atoms with van der Waals surface area (Å²) < 4.78 is 11.4. The number of benzene rings is 4. The number of fused-ring (bicyclic) bond motifs is 1. The van der Waals surface area contributed by atoms with Gasteiger partial charge in [0.2, 0.25) is 0 Å². The number of furan rings is 1. The lowest BCUT2D eigenvalue weighted by atomic mass is 9.97. The Labute approximate surface area is 245 Å². The number of Topliss-reactive ketones (excluding diaryl/α,β-unsaturated/α-hetero) is 1. The maximum absolute atomic E-state index is 12.1. The van der Waals surface area contributed by atoms with Crippen LogP contribution in [0.1, 0.15) is 83.3 Å². The van der Waals surface area contributed by atoms with E-state index in [2.05, 4.69) is 84.0 Å². The summed E-state index contributed by atoms with van der Waals surface area (Å²) in [5, 5.41) is 1.23. The molecule has 0 saturated carbocycles. The summed E-state index contributed by atoms with van der Waals surface area (Å²) in [6.07, 6.45) is 1.88. The van der Waals surface area contributed by atoms with Crippen LogP contribution < -0.4 is 4.74 Å². The van der Waals surface area contributed by atoms with Crippen molar-refractivity contribution in [1.29, 1.82) is 0 Å². The van der Waals surface area contributed by atoms with Gasteiger partial charge in [-0.3, -0.25) is 4.79 Å². The van der Waals surface area contributed by atoms with Gasteiger partial charge in [0.1, 0.15) is 11.3 Å². The highest BCUT2D eigenvalue weighted by molar-refractivity contribution is 5.97. The van der Waals surface area contributed by atoms with Crippen molar-refractivity contribution in [2.75, 3.05) is 6.61 Å². The number of hydrogen-bond acceptors (Lipinski definition) is 3. The van der Waals surface area contributed by atoms with Gasteiger partial charge in [-0.05, 0) is 96.7 Å². The molecule has 4 aromatic carbocycles. The lowest BCUT2D eigenvalue weighted by Crippen LogP contribution is -2.11. The van der Waals surface area contributed by atoms with Gasteiger partial charge in [0.25, 0.3) is 0 Å². The van der Waals surface area contributed by atoms with Crippen LogP contribution in [-0.2, 0) is 0 Å². The van der Waals surface area contributed by atoms with Gasteiger partial charge < -0.3 is 9.15 Å². The number of rotatable bonds is 7. The molecule has 5 aromatic rings. The van der Waals surface area contributed by atoms with Crippen molar-refractivity contribution in [2.45, 2.75) is 67.2 Å². The Hall–Kier alpha value is -4.11. The Kier molecular flexibility index (Phi) is 9.50. The van der Waals surface area contributed by atoms with Crippen molar-refractivity contribution in [3.8, 4) is 16.9 Å². The molecule has 0 saturated heterocycles. The van der Waals surface area contributed by atoms with Gasteiger partial charge >= 0.3 is 0 Å². The van der Waals surface area contributed by atoms with E-state index >= 15 is 0 Å². The third-order valence-corrected chi connectivity index (χ3v) is 7.37. The molecule has 0 aliphatic carbocycles. The fraction of sp³-hybridized carbons (Fsp3) is 0.289. The Morgan fingerprint density at radius 3 is 1.80 bits per heavy atom. The van der Waals surface area contributed by atoms with Crippen LogP contribution >= 0.6 is 0 Å². The van der Waals surface area contributed by atoms with Crippen LogP contribution in [0.15, 0.2) is 89.5 Å². The molecule has 0 aliphatic rings. The van der Waals surface area contributed by atoms with Crippen LogP contribution in [0, 0.1) is 27.7 Å². The fourth-order valence-electron chi connectivity index (χ4n) is 5.11. The Morgan fingerprint density at radius 2 is 1.24 bits per heavy atom. The van der Waals surface area contributed by atoms with E-state index in [4.69, 9.17) is 9.15 Å². The number of carbonyl (C=O) groups is 1. The molecular formula is C38H42O3. The summed E-state index contributed by atoms with van der Waals surface area (Å²) in [5.74, 6) is 1.79. The molecule has 3 nitrogen and oxygen atoms in total. The number of ketones is 1. The summed E-state index contributed by atoms with van der Waals surface area (Å²) in [5.41, 5.74) is 11.5. The molecule has 1 heterocycles. The van der Waals surface area contributed by atoms with Gasteiger partial charge in [-0.25, -0.2) is 0 Å². The standard InChI is InChI=1S/C19H22O2.C19H20O/c1-13(2)16-5-7-17(8-6-16)19(20)12-21-18-10-14(3)9-15(4)11-18;1-12(2)15-5-7-16(8-6-15)17-11-20-18-10-13(3)9-14(4)19(17)18/h5-11,13H,12H2,1-4H3;5-12H,1-4H3. The molecule has 0 unspecified atom stereocenters. The second-order valence-electron chi connectivity index (χ2n) is 11.7. The van der Waals surface area contributed by atoms with Crippen molar-refractivity contribution >= 4 is 16.8 Å². The van der Waals surface area contributed by atoms with Gasteiger partial charge in [-0.2, -0.15) is 0 Å². The first-order valence-electron chi connectivity index (χ1n) is 14.4. The van der Waals surface area contributed by atoms with Gasteiger partial charge in [0, 0.05) is 16.5 Å². The topological polar surface area (TPSA) is 39.4 Å². The van der Waals surface area contributed by atoms with Crippen molar-refractivity contribution in [1.82, 2.24) is 0 Å². The summed E-state index contributed by atoms with van der Waals surface area (Å²) in [7, 11) is 0. The minimum Gasteiger partial charge on any atom is -0.485 e. The van der Waals surface area contributed by atoms with Crippen LogP contribution in [-0.4, -0.2) is 12.4 Å². The monoisotopic (exact) mass is 546 g/mol. The zero-order chi connectivity index (χ0) is 29.7. The average Bonchev–Trinajstić information content (AvgIpc) is 3.36. The van der Waals surface area contributed by atoms with E-state index in [1.165, 1.54) is 38.8 Å². The number of ether oxygens (including phenoxy) is 1. The molecule has 0 fully saturated rings. The van der Waals surface area contributed by atoms with E-state index < -0.39 is 0 Å². The fourth-order valence-corrected chi connectivity index (χ4v) is 5.11. The molecule has 0 amide bonds. The highest BCUT2D eigenvalue weighted by Gasteiger charge is 2.12. The summed E-state index contributed by atoms with van der Waals surface area (Å²) >= 11 is 0. The van der Waals surface area contributed by atoms with Gasteiger partial charge in [-0.1, -0.05) is 88.4 Å². The Balaban J connectivity index is 0.000000189. The summed E-state index contributed by atoms with van der Waals surface area (Å²) in [6, 6.07) is 26.9. The molecule has 3 heteroatoms. The van der Waals surface area contributed by atoms with Crippen molar-refractivity contribution in [3.63, 3.8) is 0 Å². The van der Waals surface area contributed by atoms with E-state index in [0.29, 0.717) is 17.4 Å². The van der Waals surface area contributed by atoms with E-state index in [-0.39, 0.29) is 12.4 Å². The average molecular weight is 547 g/mol. The number of hydrogen-bond donors (Lipinski definition) is 0. The molecule has 1 aromatic heterocycles. The second-order valence-corrected chi connectivity index (χ2v) is 11.7. The predicted octanol–water partition coefficient (Wildman–Crippen LogP) is 10.5. The van der Waals surface area contributed by atoms with Crippen molar-refractivity contribution in [3.05, 3.63) is 124 Å². The minimum absolute atomic E-state index is 0.00413. The predicted molar refractivity (Wildman–Crippen MR) is 171 cm³/mol. The van der Waals surface area contributed by atoms with Crippen molar-refractivity contribution in [2.24, 2.45) is 0 Å². The summed E-state index contributed by atoms with van der Waals surface area (Å²) in [6.45, 7) is 17.1. The third-order valence-electron chi connectivity index (χ3n) is 7.37. The first kappa shape index (κ1) is 29.9. The quantitative estimate of drug-likeness (QED) is 0.191. The van der Waals surface area contributed by atoms with E-state index in [1.54, 1.807) is 0 Å². The van der Waals surface area contributed by atoms with E-state index in [9.17, 15) is 4.79 Å². The highest BCUT2D eigenvalue weighted by Crippen LogP contribution is 2.34. The Bertz CT molecular complexity index is 1600. The SMILES string of the molecule is Cc1cc(C)c2c(-c3ccc(C(C)C)cc3)coc2c1.Cc1cc(C)cc(OCC(=O)c2ccc(C(C)C)cc2)c1. The van der Waals surface area contributed by atoms with Crippen LogP contribution in [0.4, 0.5) is 0 Å². The summed E-state index contributed by atoms with van der Waals surface area (Å²) in [4.78, 5) is 12.1. The molecular weight excluding hydrogens is 504 g/mol. The van der Waals surface area contributed by atoms with Crippen LogP contribution in [0.3, 0.4) is 0 Å². The van der Waals surface area contributed by atoms with Gasteiger partial charge in [-0.15, -0.1) is 0 Å².